The Kier molecular flexibility index (Phi) is 4.31. The Balaban J connectivity index is 2.18. The first-order chi connectivity index (χ1) is 12.0. The number of anilines is 1. The van der Waals surface area contributed by atoms with Crippen LogP contribution in [-0.2, 0) is 0 Å². The fourth-order valence-corrected chi connectivity index (χ4v) is 2.48. The lowest BCUT2D eigenvalue weighted by Gasteiger charge is -2.11. The summed E-state index contributed by atoms with van der Waals surface area (Å²) in [5.41, 5.74) is 8.02. The van der Waals surface area contributed by atoms with Crippen LogP contribution in [0, 0.1) is 23.0 Å². The highest BCUT2D eigenvalue weighted by Gasteiger charge is 2.15. The van der Waals surface area contributed by atoms with Crippen LogP contribution in [0.4, 0.5) is 14.6 Å². The van der Waals surface area contributed by atoms with E-state index in [1.54, 1.807) is 37.4 Å². The molecule has 0 unspecified atom stereocenters. The minimum absolute atomic E-state index is 0.0237. The van der Waals surface area contributed by atoms with E-state index in [9.17, 15) is 14.0 Å². The fourth-order valence-electron chi connectivity index (χ4n) is 2.48. The molecule has 0 saturated carbocycles. The summed E-state index contributed by atoms with van der Waals surface area (Å²) in [7, 11) is 1.56. The molecule has 124 valence electrons. The second kappa shape index (κ2) is 6.57. The first kappa shape index (κ1) is 16.4. The maximum Gasteiger partial charge on any atom is 0.159 e. The Labute approximate surface area is 143 Å². The van der Waals surface area contributed by atoms with E-state index in [0.29, 0.717) is 22.6 Å². The highest BCUT2D eigenvalue weighted by Crippen LogP contribution is 2.32. The third-order valence-corrected chi connectivity index (χ3v) is 3.78. The van der Waals surface area contributed by atoms with Crippen molar-refractivity contribution in [2.75, 3.05) is 12.8 Å². The average molecular weight is 337 g/mol. The van der Waals surface area contributed by atoms with E-state index < -0.39 is 11.6 Å². The zero-order valence-corrected chi connectivity index (χ0v) is 13.3. The normalized spacial score (nSPS) is 10.3. The van der Waals surface area contributed by atoms with E-state index in [2.05, 4.69) is 4.98 Å². The minimum atomic E-state index is -0.997. The summed E-state index contributed by atoms with van der Waals surface area (Å²) >= 11 is 0. The number of pyridine rings is 1. The molecule has 0 aliphatic heterocycles. The Morgan fingerprint density at radius 2 is 1.68 bits per heavy atom. The van der Waals surface area contributed by atoms with Crippen LogP contribution in [-0.4, -0.2) is 12.1 Å². The van der Waals surface area contributed by atoms with Crippen LogP contribution < -0.4 is 10.5 Å². The molecular formula is C19H13F2N3O. The zero-order valence-electron chi connectivity index (χ0n) is 13.3. The van der Waals surface area contributed by atoms with Crippen LogP contribution in [0.25, 0.3) is 22.4 Å². The molecule has 0 fully saturated rings. The van der Waals surface area contributed by atoms with E-state index >= 15 is 0 Å². The molecule has 0 aliphatic carbocycles. The van der Waals surface area contributed by atoms with E-state index in [4.69, 9.17) is 10.5 Å². The van der Waals surface area contributed by atoms with Crippen LogP contribution in [0.15, 0.2) is 48.5 Å². The molecule has 3 rings (SSSR count). The largest absolute Gasteiger partial charge is 0.497 e. The lowest BCUT2D eigenvalue weighted by atomic mass is 9.98. The van der Waals surface area contributed by atoms with Crippen LogP contribution in [0.3, 0.4) is 0 Å². The summed E-state index contributed by atoms with van der Waals surface area (Å²) in [6.07, 6.45) is 0. The lowest BCUT2D eigenvalue weighted by Crippen LogP contribution is -2.00. The molecule has 0 aliphatic rings. The molecule has 25 heavy (non-hydrogen) atoms. The molecule has 0 radical (unpaired) electrons. The molecule has 0 atom stereocenters. The molecule has 0 saturated heterocycles. The van der Waals surface area contributed by atoms with Crippen molar-refractivity contribution in [3.05, 3.63) is 65.7 Å². The molecule has 2 aromatic carbocycles. The number of halogens is 2. The van der Waals surface area contributed by atoms with Crippen LogP contribution in [0.2, 0.25) is 0 Å². The van der Waals surface area contributed by atoms with Crippen molar-refractivity contribution >= 4 is 5.82 Å². The van der Waals surface area contributed by atoms with Gasteiger partial charge in [0.25, 0.3) is 0 Å². The highest BCUT2D eigenvalue weighted by atomic mass is 19.2. The van der Waals surface area contributed by atoms with Crippen molar-refractivity contribution < 1.29 is 13.5 Å². The number of ether oxygens (including phenoxy) is 1. The van der Waals surface area contributed by atoms with Gasteiger partial charge in [-0.1, -0.05) is 6.07 Å². The van der Waals surface area contributed by atoms with Crippen molar-refractivity contribution in [2.24, 2.45) is 0 Å². The van der Waals surface area contributed by atoms with Gasteiger partial charge in [0, 0.05) is 11.1 Å². The van der Waals surface area contributed by atoms with Gasteiger partial charge in [0.2, 0.25) is 0 Å². The maximum absolute atomic E-state index is 13.6. The van der Waals surface area contributed by atoms with Gasteiger partial charge in [-0.2, -0.15) is 5.26 Å². The van der Waals surface area contributed by atoms with Gasteiger partial charge < -0.3 is 10.5 Å². The molecule has 6 heteroatoms. The lowest BCUT2D eigenvalue weighted by molar-refractivity contribution is 0.415. The fraction of sp³-hybridized carbons (Fsp3) is 0.0526. The van der Waals surface area contributed by atoms with Crippen molar-refractivity contribution in [1.82, 2.24) is 4.98 Å². The van der Waals surface area contributed by atoms with Gasteiger partial charge in [0.15, 0.2) is 11.6 Å². The molecule has 1 heterocycles. The van der Waals surface area contributed by atoms with Gasteiger partial charge in [-0.3, -0.25) is 0 Å². The number of hydrogen-bond acceptors (Lipinski definition) is 4. The van der Waals surface area contributed by atoms with Crippen molar-refractivity contribution in [3.63, 3.8) is 0 Å². The molecule has 2 N–H and O–H groups in total. The summed E-state index contributed by atoms with van der Waals surface area (Å²) in [5, 5.41) is 9.36. The molecule has 4 nitrogen and oxygen atoms in total. The van der Waals surface area contributed by atoms with E-state index in [1.165, 1.54) is 6.07 Å². The minimum Gasteiger partial charge on any atom is -0.497 e. The Hall–Kier alpha value is -3.46. The third kappa shape index (κ3) is 3.12. The first-order valence-electron chi connectivity index (χ1n) is 7.34. The monoisotopic (exact) mass is 337 g/mol. The molecule has 0 spiro atoms. The van der Waals surface area contributed by atoms with E-state index in [0.717, 1.165) is 17.7 Å². The summed E-state index contributed by atoms with van der Waals surface area (Å²) in [6, 6.07) is 14.2. The van der Waals surface area contributed by atoms with Gasteiger partial charge in [-0.15, -0.1) is 0 Å². The second-order valence-corrected chi connectivity index (χ2v) is 5.28. The summed E-state index contributed by atoms with van der Waals surface area (Å²) < 4.78 is 31.9. The summed E-state index contributed by atoms with van der Waals surface area (Å²) in [4.78, 5) is 4.24. The topological polar surface area (TPSA) is 71.9 Å². The van der Waals surface area contributed by atoms with Crippen LogP contribution >= 0.6 is 0 Å². The van der Waals surface area contributed by atoms with Crippen molar-refractivity contribution in [3.8, 4) is 34.2 Å². The SMILES string of the molecule is COc1ccc(-c2cc(-c3ccc(F)c(F)c3)c(C#N)c(N)n2)cc1. The predicted molar refractivity (Wildman–Crippen MR) is 90.7 cm³/mol. The maximum atomic E-state index is 13.6. The Morgan fingerprint density at radius 3 is 2.28 bits per heavy atom. The molecule has 0 amide bonds. The Bertz CT molecular complexity index is 979. The number of methoxy groups -OCH3 is 1. The van der Waals surface area contributed by atoms with Gasteiger partial charge in [-0.05, 0) is 48.0 Å². The number of aromatic nitrogens is 1. The highest BCUT2D eigenvalue weighted by molar-refractivity contribution is 5.80. The van der Waals surface area contributed by atoms with E-state index in [-0.39, 0.29) is 11.4 Å². The number of nitriles is 1. The molecule has 1 aromatic heterocycles. The number of hydrogen-bond donors (Lipinski definition) is 1. The van der Waals surface area contributed by atoms with Gasteiger partial charge >= 0.3 is 0 Å². The molecule has 0 bridgehead atoms. The van der Waals surface area contributed by atoms with Gasteiger partial charge in [0.1, 0.15) is 23.2 Å². The standard InChI is InChI=1S/C19H13F2N3O/c1-25-13-5-2-11(3-6-13)18-9-14(15(10-22)19(23)24-18)12-4-7-16(20)17(21)8-12/h2-9H,1H3,(H2,23,24). The number of nitrogen functional groups attached to an aromatic ring is 1. The van der Waals surface area contributed by atoms with Gasteiger partial charge in [-0.25, -0.2) is 13.8 Å². The van der Waals surface area contributed by atoms with Gasteiger partial charge in [0.05, 0.1) is 12.8 Å². The number of benzene rings is 2. The third-order valence-electron chi connectivity index (χ3n) is 3.78. The Morgan fingerprint density at radius 1 is 1.00 bits per heavy atom. The number of rotatable bonds is 3. The summed E-state index contributed by atoms with van der Waals surface area (Å²) in [6.45, 7) is 0. The van der Waals surface area contributed by atoms with E-state index in [1.807, 2.05) is 6.07 Å². The second-order valence-electron chi connectivity index (χ2n) is 5.28. The number of nitrogens with zero attached hydrogens (tertiary/aromatic N) is 2. The molecule has 3 aromatic rings. The zero-order chi connectivity index (χ0) is 18.0. The molecular weight excluding hydrogens is 324 g/mol. The predicted octanol–water partition coefficient (Wildman–Crippen LogP) is 4.16. The van der Waals surface area contributed by atoms with Crippen molar-refractivity contribution in [2.45, 2.75) is 0 Å². The van der Waals surface area contributed by atoms with Crippen LogP contribution in [0.5, 0.6) is 5.75 Å². The average Bonchev–Trinajstić information content (AvgIpc) is 2.63. The first-order valence-corrected chi connectivity index (χ1v) is 7.34. The van der Waals surface area contributed by atoms with Crippen molar-refractivity contribution in [1.29, 1.82) is 5.26 Å². The summed E-state index contributed by atoms with van der Waals surface area (Å²) in [5.74, 6) is -1.25. The quantitative estimate of drug-likeness (QED) is 0.779. The smallest absolute Gasteiger partial charge is 0.159 e. The van der Waals surface area contributed by atoms with Crippen LogP contribution in [0.1, 0.15) is 5.56 Å². The number of nitrogens with two attached hydrogens (primary N) is 1.